The van der Waals surface area contributed by atoms with Crippen molar-refractivity contribution in [2.24, 2.45) is 0 Å². The Morgan fingerprint density at radius 2 is 1.64 bits per heavy atom. The van der Waals surface area contributed by atoms with E-state index in [0.717, 1.165) is 47.3 Å². The van der Waals surface area contributed by atoms with E-state index in [1.807, 2.05) is 72.8 Å². The molecule has 0 saturated carbocycles. The lowest BCUT2D eigenvalue weighted by Crippen LogP contribution is -2.25. The van der Waals surface area contributed by atoms with E-state index < -0.39 is 0 Å². The van der Waals surface area contributed by atoms with Gasteiger partial charge in [-0.15, -0.1) is 0 Å². The van der Waals surface area contributed by atoms with Crippen LogP contribution in [0.3, 0.4) is 0 Å². The van der Waals surface area contributed by atoms with E-state index in [2.05, 4.69) is 4.90 Å². The zero-order chi connectivity index (χ0) is 22.6. The van der Waals surface area contributed by atoms with E-state index >= 15 is 0 Å². The molecule has 0 amide bonds. The highest BCUT2D eigenvalue weighted by Crippen LogP contribution is 2.35. The van der Waals surface area contributed by atoms with Crippen LogP contribution in [0.4, 0.5) is 0 Å². The van der Waals surface area contributed by atoms with E-state index in [-0.39, 0.29) is 11.5 Å². The van der Waals surface area contributed by atoms with Gasteiger partial charge < -0.3 is 9.84 Å². The molecule has 4 nitrogen and oxygen atoms in total. The Morgan fingerprint density at radius 3 is 2.39 bits per heavy atom. The summed E-state index contributed by atoms with van der Waals surface area (Å²) in [4.78, 5) is 15.8. The molecule has 1 saturated heterocycles. The summed E-state index contributed by atoms with van der Waals surface area (Å²) in [5, 5.41) is 11.8. The number of hydrogen-bond acceptors (Lipinski definition) is 4. The van der Waals surface area contributed by atoms with Gasteiger partial charge in [0.2, 0.25) is 0 Å². The molecule has 166 valence electrons. The second-order valence-corrected chi connectivity index (χ2v) is 8.51. The fraction of sp³-hybridized carbons (Fsp3) is 0.207. The third-order valence-corrected chi connectivity index (χ3v) is 6.30. The van der Waals surface area contributed by atoms with Crippen LogP contribution in [0.5, 0.6) is 11.5 Å². The van der Waals surface area contributed by atoms with Crippen molar-refractivity contribution in [1.29, 1.82) is 0 Å². The molecule has 4 aromatic carbocycles. The van der Waals surface area contributed by atoms with Crippen molar-refractivity contribution in [2.45, 2.75) is 12.8 Å². The fourth-order valence-corrected chi connectivity index (χ4v) is 4.58. The number of fused-ring (bicyclic) bond motifs is 1. The molecule has 0 spiro atoms. The van der Waals surface area contributed by atoms with Gasteiger partial charge in [0.1, 0.15) is 18.1 Å². The van der Waals surface area contributed by atoms with Gasteiger partial charge in [0.05, 0.1) is 0 Å². The lowest BCUT2D eigenvalue weighted by atomic mass is 9.89. The number of phenols is 1. The number of likely N-dealkylation sites (tertiary alicyclic amines) is 1. The predicted molar refractivity (Wildman–Crippen MR) is 132 cm³/mol. The summed E-state index contributed by atoms with van der Waals surface area (Å²) in [5.41, 5.74) is 3.10. The highest BCUT2D eigenvalue weighted by Gasteiger charge is 2.18. The predicted octanol–water partition coefficient (Wildman–Crippen LogP) is 5.92. The monoisotopic (exact) mass is 437 g/mol. The molecule has 0 bridgehead atoms. The number of phenolic OH excluding ortho intramolecular Hbond substituents is 1. The normalized spacial score (nSPS) is 13.9. The third kappa shape index (κ3) is 4.62. The largest absolute Gasteiger partial charge is 0.508 e. The zero-order valence-corrected chi connectivity index (χ0v) is 18.5. The first-order valence-electron chi connectivity index (χ1n) is 11.5. The summed E-state index contributed by atoms with van der Waals surface area (Å²) in [7, 11) is 0. The molecule has 33 heavy (non-hydrogen) atoms. The quantitative estimate of drug-likeness (QED) is 0.365. The van der Waals surface area contributed by atoms with Crippen molar-refractivity contribution in [3.05, 3.63) is 96.1 Å². The minimum atomic E-state index is -0.0217. The summed E-state index contributed by atoms with van der Waals surface area (Å²) in [5.74, 6) is 1.01. The van der Waals surface area contributed by atoms with Gasteiger partial charge in [-0.3, -0.25) is 9.69 Å². The molecule has 4 heteroatoms. The van der Waals surface area contributed by atoms with Crippen LogP contribution in [-0.4, -0.2) is 42.0 Å². The number of benzene rings is 4. The summed E-state index contributed by atoms with van der Waals surface area (Å²) in [6.07, 6.45) is 2.56. The van der Waals surface area contributed by atoms with Gasteiger partial charge >= 0.3 is 0 Å². The van der Waals surface area contributed by atoms with Crippen LogP contribution >= 0.6 is 0 Å². The number of rotatable bonds is 7. The molecule has 0 aromatic heterocycles. The zero-order valence-electron chi connectivity index (χ0n) is 18.5. The smallest absolute Gasteiger partial charge is 0.193 e. The summed E-state index contributed by atoms with van der Waals surface area (Å²) in [6.45, 7) is 3.95. The van der Waals surface area contributed by atoms with Crippen molar-refractivity contribution in [3.63, 3.8) is 0 Å². The lowest BCUT2D eigenvalue weighted by molar-refractivity contribution is 0.103. The van der Waals surface area contributed by atoms with Gasteiger partial charge in [-0.05, 0) is 72.6 Å². The maximum absolute atomic E-state index is 13.4. The molecule has 1 aliphatic heterocycles. The van der Waals surface area contributed by atoms with Gasteiger partial charge in [-0.2, -0.15) is 0 Å². The molecular formula is C29H27NO3. The van der Waals surface area contributed by atoms with Crippen LogP contribution in [0, 0.1) is 0 Å². The van der Waals surface area contributed by atoms with E-state index in [9.17, 15) is 9.90 Å². The molecule has 1 heterocycles. The molecule has 1 aliphatic rings. The number of ether oxygens (including phenoxy) is 1. The molecule has 0 atom stereocenters. The number of carbonyl (C=O) groups excluding carboxylic acids is 1. The van der Waals surface area contributed by atoms with Crippen LogP contribution in [0.1, 0.15) is 28.8 Å². The highest BCUT2D eigenvalue weighted by atomic mass is 16.5. The first kappa shape index (κ1) is 21.2. The fourth-order valence-electron chi connectivity index (χ4n) is 4.58. The Morgan fingerprint density at radius 1 is 0.879 bits per heavy atom. The van der Waals surface area contributed by atoms with Crippen molar-refractivity contribution >= 4 is 16.6 Å². The number of carbonyl (C=O) groups is 1. The van der Waals surface area contributed by atoms with Gasteiger partial charge in [0.15, 0.2) is 5.78 Å². The molecule has 1 N–H and O–H groups in total. The molecule has 0 radical (unpaired) electrons. The third-order valence-electron chi connectivity index (χ3n) is 6.30. The van der Waals surface area contributed by atoms with E-state index in [1.165, 1.54) is 12.8 Å². The maximum atomic E-state index is 13.4. The van der Waals surface area contributed by atoms with Gasteiger partial charge in [0, 0.05) is 23.2 Å². The van der Waals surface area contributed by atoms with Crippen LogP contribution in [-0.2, 0) is 0 Å². The maximum Gasteiger partial charge on any atom is 0.193 e. The van der Waals surface area contributed by atoms with Crippen molar-refractivity contribution in [3.8, 4) is 22.6 Å². The standard InChI is InChI=1S/C29H27NO3/c31-24-11-15-26-23(20-24)10-14-27(29(32)22-6-2-1-3-7-22)28(26)21-8-12-25(13-9-21)33-19-18-30-16-4-5-17-30/h1-3,6-15,20,31H,4-5,16-19H2. The Hall–Kier alpha value is -3.63. The van der Waals surface area contributed by atoms with Crippen LogP contribution in [0.2, 0.25) is 0 Å². The van der Waals surface area contributed by atoms with Crippen LogP contribution < -0.4 is 4.74 Å². The minimum Gasteiger partial charge on any atom is -0.508 e. The van der Waals surface area contributed by atoms with Crippen molar-refractivity contribution in [2.75, 3.05) is 26.2 Å². The topological polar surface area (TPSA) is 49.8 Å². The average Bonchev–Trinajstić information content (AvgIpc) is 3.37. The minimum absolute atomic E-state index is 0.0217. The Bertz CT molecular complexity index is 1260. The molecule has 5 rings (SSSR count). The Labute approximate surface area is 194 Å². The first-order chi connectivity index (χ1) is 16.2. The van der Waals surface area contributed by atoms with E-state index in [4.69, 9.17) is 4.74 Å². The molecule has 0 aliphatic carbocycles. The van der Waals surface area contributed by atoms with Gasteiger partial charge in [0.25, 0.3) is 0 Å². The van der Waals surface area contributed by atoms with Gasteiger partial charge in [-0.25, -0.2) is 0 Å². The Kier molecular flexibility index (Phi) is 6.09. The molecular weight excluding hydrogens is 410 g/mol. The Balaban J connectivity index is 1.48. The summed E-state index contributed by atoms with van der Waals surface area (Å²) < 4.78 is 5.97. The first-order valence-corrected chi connectivity index (χ1v) is 11.5. The van der Waals surface area contributed by atoms with Gasteiger partial charge in [-0.1, -0.05) is 54.6 Å². The van der Waals surface area contributed by atoms with E-state index in [1.54, 1.807) is 12.1 Å². The van der Waals surface area contributed by atoms with Crippen LogP contribution in [0.25, 0.3) is 21.9 Å². The molecule has 1 fully saturated rings. The molecule has 0 unspecified atom stereocenters. The number of nitrogens with zero attached hydrogens (tertiary/aromatic N) is 1. The lowest BCUT2D eigenvalue weighted by Gasteiger charge is -2.16. The SMILES string of the molecule is O=C(c1ccccc1)c1ccc2cc(O)ccc2c1-c1ccc(OCCN2CCCC2)cc1. The molecule has 4 aromatic rings. The second-order valence-electron chi connectivity index (χ2n) is 8.51. The number of aromatic hydroxyl groups is 1. The number of ketones is 1. The van der Waals surface area contributed by atoms with E-state index in [0.29, 0.717) is 17.7 Å². The summed E-state index contributed by atoms with van der Waals surface area (Å²) in [6, 6.07) is 26.3. The summed E-state index contributed by atoms with van der Waals surface area (Å²) >= 11 is 0. The average molecular weight is 438 g/mol. The van der Waals surface area contributed by atoms with Crippen molar-refractivity contribution in [1.82, 2.24) is 4.90 Å². The number of hydrogen-bond donors (Lipinski definition) is 1. The van der Waals surface area contributed by atoms with Crippen LogP contribution in [0.15, 0.2) is 84.9 Å². The van der Waals surface area contributed by atoms with Crippen molar-refractivity contribution < 1.29 is 14.6 Å². The second kappa shape index (κ2) is 9.47. The highest BCUT2D eigenvalue weighted by molar-refractivity contribution is 6.17.